The van der Waals surface area contributed by atoms with Crippen molar-refractivity contribution in [3.63, 3.8) is 0 Å². The van der Waals surface area contributed by atoms with Crippen LogP contribution in [-0.2, 0) is 4.74 Å². The van der Waals surface area contributed by atoms with E-state index in [4.69, 9.17) is 10.00 Å². The van der Waals surface area contributed by atoms with E-state index in [0.717, 1.165) is 5.56 Å². The zero-order valence-corrected chi connectivity index (χ0v) is 8.05. The first-order chi connectivity index (χ1) is 7.38. The number of fused-ring (bicyclic) bond motifs is 1. The highest BCUT2D eigenvalue weighted by Gasteiger charge is 2.40. The Labute approximate surface area is 87.7 Å². The molecule has 0 N–H and O–H groups in total. The summed E-state index contributed by atoms with van der Waals surface area (Å²) in [5.74, 6) is 0. The SMILES string of the molecule is N#C[C@@H]1O[C@@H]1c1ccc2ccccc2c1. The summed E-state index contributed by atoms with van der Waals surface area (Å²) in [4.78, 5) is 0. The summed E-state index contributed by atoms with van der Waals surface area (Å²) in [7, 11) is 0. The molecule has 0 radical (unpaired) electrons. The molecule has 0 aliphatic carbocycles. The van der Waals surface area contributed by atoms with Crippen LogP contribution in [0.3, 0.4) is 0 Å². The van der Waals surface area contributed by atoms with Crippen LogP contribution in [0, 0.1) is 11.3 Å². The molecule has 0 bridgehead atoms. The maximum Gasteiger partial charge on any atom is 0.175 e. The topological polar surface area (TPSA) is 36.3 Å². The van der Waals surface area contributed by atoms with Crippen molar-refractivity contribution in [1.82, 2.24) is 0 Å². The van der Waals surface area contributed by atoms with E-state index >= 15 is 0 Å². The van der Waals surface area contributed by atoms with Gasteiger partial charge in [0.2, 0.25) is 0 Å². The van der Waals surface area contributed by atoms with Gasteiger partial charge in [-0.05, 0) is 22.4 Å². The molecule has 2 heteroatoms. The Balaban J connectivity index is 2.05. The van der Waals surface area contributed by atoms with Crippen molar-refractivity contribution < 1.29 is 4.74 Å². The van der Waals surface area contributed by atoms with Crippen molar-refractivity contribution in [2.24, 2.45) is 0 Å². The monoisotopic (exact) mass is 195 g/mol. The minimum atomic E-state index is -0.244. The van der Waals surface area contributed by atoms with E-state index in [0.29, 0.717) is 0 Å². The third-order valence-corrected chi connectivity index (χ3v) is 2.72. The Bertz CT molecular complexity index is 556. The van der Waals surface area contributed by atoms with Gasteiger partial charge in [0, 0.05) is 0 Å². The maximum atomic E-state index is 8.68. The number of nitriles is 1. The van der Waals surface area contributed by atoms with Gasteiger partial charge in [-0.1, -0.05) is 36.4 Å². The van der Waals surface area contributed by atoms with Crippen LogP contribution in [0.1, 0.15) is 11.7 Å². The molecule has 3 rings (SSSR count). The average Bonchev–Trinajstić information content (AvgIpc) is 3.08. The van der Waals surface area contributed by atoms with E-state index in [-0.39, 0.29) is 12.2 Å². The summed E-state index contributed by atoms with van der Waals surface area (Å²) < 4.78 is 5.24. The highest BCUT2D eigenvalue weighted by Crippen LogP contribution is 2.38. The molecule has 2 aromatic carbocycles. The van der Waals surface area contributed by atoms with Gasteiger partial charge in [-0.15, -0.1) is 0 Å². The predicted octanol–water partition coefficient (Wildman–Crippen LogP) is 2.80. The molecule has 0 spiro atoms. The molecule has 1 aliphatic heterocycles. The van der Waals surface area contributed by atoms with Crippen LogP contribution in [0.5, 0.6) is 0 Å². The molecule has 72 valence electrons. The van der Waals surface area contributed by atoms with Gasteiger partial charge in [0.15, 0.2) is 6.10 Å². The van der Waals surface area contributed by atoms with Crippen molar-refractivity contribution in [2.75, 3.05) is 0 Å². The Morgan fingerprint density at radius 1 is 1.07 bits per heavy atom. The van der Waals surface area contributed by atoms with Gasteiger partial charge in [0.25, 0.3) is 0 Å². The second kappa shape index (κ2) is 3.08. The summed E-state index contributed by atoms with van der Waals surface area (Å²) in [6, 6.07) is 16.5. The van der Waals surface area contributed by atoms with Crippen molar-refractivity contribution in [3.05, 3.63) is 48.0 Å². The van der Waals surface area contributed by atoms with Gasteiger partial charge < -0.3 is 4.74 Å². The van der Waals surface area contributed by atoms with Crippen molar-refractivity contribution in [1.29, 1.82) is 5.26 Å². The summed E-state index contributed by atoms with van der Waals surface area (Å²) in [5, 5.41) is 11.1. The number of hydrogen-bond donors (Lipinski definition) is 0. The zero-order valence-electron chi connectivity index (χ0n) is 8.05. The minimum Gasteiger partial charge on any atom is -0.348 e. The molecule has 2 atom stereocenters. The fraction of sp³-hybridized carbons (Fsp3) is 0.154. The van der Waals surface area contributed by atoms with Crippen LogP contribution in [0.25, 0.3) is 10.8 Å². The van der Waals surface area contributed by atoms with Gasteiger partial charge in [0.1, 0.15) is 6.10 Å². The number of nitrogens with zero attached hydrogens (tertiary/aromatic N) is 1. The molecular weight excluding hydrogens is 186 g/mol. The molecule has 2 aromatic rings. The van der Waals surface area contributed by atoms with E-state index < -0.39 is 0 Å². The maximum absolute atomic E-state index is 8.68. The molecule has 1 aliphatic rings. The van der Waals surface area contributed by atoms with E-state index in [2.05, 4.69) is 30.3 Å². The second-order valence-electron chi connectivity index (χ2n) is 3.71. The molecule has 1 fully saturated rings. The first-order valence-electron chi connectivity index (χ1n) is 4.92. The lowest BCUT2D eigenvalue weighted by atomic mass is 10.0. The third kappa shape index (κ3) is 1.38. The summed E-state index contributed by atoms with van der Waals surface area (Å²) in [6.07, 6.45) is -0.259. The van der Waals surface area contributed by atoms with E-state index in [1.807, 2.05) is 18.2 Å². The highest BCUT2D eigenvalue weighted by molar-refractivity contribution is 5.83. The molecule has 1 heterocycles. The largest absolute Gasteiger partial charge is 0.348 e. The van der Waals surface area contributed by atoms with Crippen LogP contribution in [-0.4, -0.2) is 6.10 Å². The lowest BCUT2D eigenvalue weighted by Gasteiger charge is -1.99. The number of benzene rings is 2. The lowest BCUT2D eigenvalue weighted by molar-refractivity contribution is 0.396. The zero-order chi connectivity index (χ0) is 10.3. The summed E-state index contributed by atoms with van der Waals surface area (Å²) in [5.41, 5.74) is 1.10. The Morgan fingerprint density at radius 2 is 1.87 bits per heavy atom. The van der Waals surface area contributed by atoms with Crippen LogP contribution in [0.4, 0.5) is 0 Å². The van der Waals surface area contributed by atoms with Crippen LogP contribution < -0.4 is 0 Å². The fourth-order valence-corrected chi connectivity index (χ4v) is 1.85. The van der Waals surface area contributed by atoms with E-state index in [9.17, 15) is 0 Å². The van der Waals surface area contributed by atoms with E-state index in [1.54, 1.807) is 0 Å². The smallest absolute Gasteiger partial charge is 0.175 e. The quantitative estimate of drug-likeness (QED) is 0.656. The van der Waals surface area contributed by atoms with E-state index in [1.165, 1.54) is 10.8 Å². The molecule has 0 aromatic heterocycles. The van der Waals surface area contributed by atoms with Crippen LogP contribution in [0.15, 0.2) is 42.5 Å². The molecule has 1 saturated heterocycles. The van der Waals surface area contributed by atoms with Crippen molar-refractivity contribution in [3.8, 4) is 6.07 Å². The minimum absolute atomic E-state index is 0.0143. The standard InChI is InChI=1S/C13H9NO/c14-8-12-13(15-12)11-6-5-9-3-1-2-4-10(9)7-11/h1-7,12-13H/t12-,13+/m0/s1. The first-order valence-corrected chi connectivity index (χ1v) is 4.92. The second-order valence-corrected chi connectivity index (χ2v) is 3.71. The van der Waals surface area contributed by atoms with Crippen LogP contribution in [0.2, 0.25) is 0 Å². The summed E-state index contributed by atoms with van der Waals surface area (Å²) in [6.45, 7) is 0. The van der Waals surface area contributed by atoms with Crippen molar-refractivity contribution in [2.45, 2.75) is 12.2 Å². The Morgan fingerprint density at radius 3 is 2.60 bits per heavy atom. The van der Waals surface area contributed by atoms with Gasteiger partial charge in [-0.3, -0.25) is 0 Å². The number of hydrogen-bond acceptors (Lipinski definition) is 2. The molecule has 0 unspecified atom stereocenters. The number of rotatable bonds is 1. The number of ether oxygens (including phenoxy) is 1. The normalized spacial score (nSPS) is 23.7. The first kappa shape index (κ1) is 8.46. The Hall–Kier alpha value is -1.85. The molecule has 0 amide bonds. The van der Waals surface area contributed by atoms with Gasteiger partial charge >= 0.3 is 0 Å². The summed E-state index contributed by atoms with van der Waals surface area (Å²) >= 11 is 0. The fourth-order valence-electron chi connectivity index (χ4n) is 1.85. The van der Waals surface area contributed by atoms with Gasteiger partial charge in [-0.2, -0.15) is 5.26 Å². The molecular formula is C13H9NO. The third-order valence-electron chi connectivity index (χ3n) is 2.72. The molecule has 2 nitrogen and oxygen atoms in total. The molecule has 15 heavy (non-hydrogen) atoms. The average molecular weight is 195 g/mol. The highest BCUT2D eigenvalue weighted by atomic mass is 16.6. The number of epoxide rings is 1. The molecule has 0 saturated carbocycles. The van der Waals surface area contributed by atoms with Crippen LogP contribution >= 0.6 is 0 Å². The van der Waals surface area contributed by atoms with Crippen molar-refractivity contribution >= 4 is 10.8 Å². The van der Waals surface area contributed by atoms with Gasteiger partial charge in [-0.25, -0.2) is 0 Å². The Kier molecular flexibility index (Phi) is 1.74. The predicted molar refractivity (Wildman–Crippen MR) is 57.2 cm³/mol. The van der Waals surface area contributed by atoms with Gasteiger partial charge in [0.05, 0.1) is 6.07 Å². The lowest BCUT2D eigenvalue weighted by Crippen LogP contribution is -1.84.